The second kappa shape index (κ2) is 6.22. The van der Waals surface area contributed by atoms with Gasteiger partial charge in [0.1, 0.15) is 6.17 Å². The van der Waals surface area contributed by atoms with Crippen molar-refractivity contribution in [3.05, 3.63) is 101 Å². The number of rotatable bonds is 2. The summed E-state index contributed by atoms with van der Waals surface area (Å²) >= 11 is 0. The van der Waals surface area contributed by atoms with Gasteiger partial charge in [0.15, 0.2) is 0 Å². The standard InChI is InChI=1S/C26H28N2/c1-18-12-8-11-17-23(18)27-19(2)24-21-15-9-10-16-22(21)26(3,4)28(24)25(27)20-13-6-5-7-14-20/h5-17,19,24-25H,1-4H3/t19-,24?,25?/m0/s1. The van der Waals surface area contributed by atoms with Crippen LogP contribution in [-0.4, -0.2) is 10.9 Å². The normalized spacial score (nSPS) is 25.6. The van der Waals surface area contributed by atoms with E-state index in [0.29, 0.717) is 12.1 Å². The van der Waals surface area contributed by atoms with E-state index in [9.17, 15) is 0 Å². The molecule has 0 spiro atoms. The van der Waals surface area contributed by atoms with Crippen molar-refractivity contribution in [3.63, 3.8) is 0 Å². The van der Waals surface area contributed by atoms with Gasteiger partial charge in [-0.15, -0.1) is 0 Å². The topological polar surface area (TPSA) is 6.48 Å². The van der Waals surface area contributed by atoms with Gasteiger partial charge in [-0.2, -0.15) is 0 Å². The Kier molecular flexibility index (Phi) is 3.89. The van der Waals surface area contributed by atoms with Gasteiger partial charge in [-0.05, 0) is 56.0 Å². The number of anilines is 1. The fraction of sp³-hybridized carbons (Fsp3) is 0.308. The van der Waals surface area contributed by atoms with Crippen molar-refractivity contribution in [1.82, 2.24) is 4.90 Å². The van der Waals surface area contributed by atoms with Crippen LogP contribution in [0.4, 0.5) is 5.69 Å². The monoisotopic (exact) mass is 368 g/mol. The molecule has 0 N–H and O–H groups in total. The van der Waals surface area contributed by atoms with Crippen molar-refractivity contribution >= 4 is 5.69 Å². The van der Waals surface area contributed by atoms with E-state index in [0.717, 1.165) is 0 Å². The maximum atomic E-state index is 2.74. The molecule has 1 saturated heterocycles. The molecule has 3 aromatic carbocycles. The maximum Gasteiger partial charge on any atom is 0.110 e. The van der Waals surface area contributed by atoms with E-state index in [4.69, 9.17) is 0 Å². The molecular formula is C26H28N2. The van der Waals surface area contributed by atoms with E-state index in [2.05, 4.69) is 116 Å². The first-order chi connectivity index (χ1) is 13.5. The molecule has 2 aliphatic heterocycles. The summed E-state index contributed by atoms with van der Waals surface area (Å²) in [5, 5.41) is 0. The maximum absolute atomic E-state index is 2.74. The lowest BCUT2D eigenvalue weighted by atomic mass is 9.91. The van der Waals surface area contributed by atoms with E-state index >= 15 is 0 Å². The second-order valence-corrected chi connectivity index (χ2v) is 8.72. The Bertz CT molecular complexity index is 1010. The number of hydrogen-bond acceptors (Lipinski definition) is 2. The molecule has 3 atom stereocenters. The highest BCUT2D eigenvalue weighted by Crippen LogP contribution is 2.59. The molecule has 142 valence electrons. The molecule has 28 heavy (non-hydrogen) atoms. The zero-order valence-electron chi connectivity index (χ0n) is 17.1. The molecule has 2 heterocycles. The third kappa shape index (κ3) is 2.31. The predicted octanol–water partition coefficient (Wildman–Crippen LogP) is 6.19. The van der Waals surface area contributed by atoms with Crippen LogP contribution in [-0.2, 0) is 5.54 Å². The molecule has 3 aromatic rings. The number of nitrogens with zero attached hydrogens (tertiary/aromatic N) is 2. The Morgan fingerprint density at radius 2 is 1.43 bits per heavy atom. The van der Waals surface area contributed by atoms with Crippen molar-refractivity contribution in [2.24, 2.45) is 0 Å². The average molecular weight is 369 g/mol. The molecule has 2 unspecified atom stereocenters. The van der Waals surface area contributed by atoms with E-state index in [1.54, 1.807) is 0 Å². The lowest BCUT2D eigenvalue weighted by molar-refractivity contribution is 0.0838. The quantitative estimate of drug-likeness (QED) is 0.532. The molecule has 0 amide bonds. The Hall–Kier alpha value is -2.58. The third-order valence-electron chi connectivity index (χ3n) is 6.80. The Morgan fingerprint density at radius 3 is 2.18 bits per heavy atom. The van der Waals surface area contributed by atoms with E-state index in [1.165, 1.54) is 27.9 Å². The molecule has 1 fully saturated rings. The summed E-state index contributed by atoms with van der Waals surface area (Å²) in [5.74, 6) is 0. The fourth-order valence-corrected chi connectivity index (χ4v) is 5.56. The summed E-state index contributed by atoms with van der Waals surface area (Å²) in [6.45, 7) is 9.39. The van der Waals surface area contributed by atoms with Crippen LogP contribution in [0.25, 0.3) is 0 Å². The third-order valence-corrected chi connectivity index (χ3v) is 6.80. The summed E-state index contributed by atoms with van der Waals surface area (Å²) in [6, 6.07) is 29.6. The minimum Gasteiger partial charge on any atom is -0.347 e. The average Bonchev–Trinajstić information content (AvgIpc) is 3.14. The first-order valence-corrected chi connectivity index (χ1v) is 10.3. The minimum atomic E-state index is -0.0204. The van der Waals surface area contributed by atoms with E-state index in [1.807, 2.05) is 0 Å². The van der Waals surface area contributed by atoms with Crippen LogP contribution in [0.3, 0.4) is 0 Å². The van der Waals surface area contributed by atoms with Crippen LogP contribution >= 0.6 is 0 Å². The second-order valence-electron chi connectivity index (χ2n) is 8.72. The van der Waals surface area contributed by atoms with Crippen LogP contribution < -0.4 is 4.90 Å². The number of aryl methyl sites for hydroxylation is 1. The van der Waals surface area contributed by atoms with Gasteiger partial charge < -0.3 is 4.90 Å². The van der Waals surface area contributed by atoms with Crippen LogP contribution in [0, 0.1) is 6.92 Å². The molecule has 0 aromatic heterocycles. The van der Waals surface area contributed by atoms with Gasteiger partial charge in [0.25, 0.3) is 0 Å². The zero-order chi connectivity index (χ0) is 19.5. The SMILES string of the molecule is Cc1ccccc1N1C(c2ccccc2)N2C(c3ccccc3C2(C)C)[C@@H]1C. The number of hydrogen-bond donors (Lipinski definition) is 0. The first kappa shape index (κ1) is 17.5. The molecule has 2 nitrogen and oxygen atoms in total. The van der Waals surface area contributed by atoms with Crippen molar-refractivity contribution in [2.75, 3.05) is 4.90 Å². The minimum absolute atomic E-state index is 0.0204. The zero-order valence-corrected chi connectivity index (χ0v) is 17.1. The summed E-state index contributed by atoms with van der Waals surface area (Å²) in [6.07, 6.45) is 0.213. The molecule has 0 radical (unpaired) electrons. The predicted molar refractivity (Wildman–Crippen MR) is 116 cm³/mol. The molecule has 0 bridgehead atoms. The molecular weight excluding hydrogens is 340 g/mol. The highest BCUT2D eigenvalue weighted by Gasteiger charge is 2.57. The van der Waals surface area contributed by atoms with Gasteiger partial charge in [0.2, 0.25) is 0 Å². The van der Waals surface area contributed by atoms with Crippen molar-refractivity contribution in [1.29, 1.82) is 0 Å². The lowest BCUT2D eigenvalue weighted by Crippen LogP contribution is -2.40. The van der Waals surface area contributed by atoms with Gasteiger partial charge in [0, 0.05) is 17.3 Å². The van der Waals surface area contributed by atoms with Crippen molar-refractivity contribution in [2.45, 2.75) is 51.5 Å². The highest BCUT2D eigenvalue weighted by atomic mass is 15.5. The van der Waals surface area contributed by atoms with Crippen molar-refractivity contribution in [3.8, 4) is 0 Å². The van der Waals surface area contributed by atoms with Gasteiger partial charge in [0.05, 0.1) is 6.04 Å². The molecule has 0 aliphatic carbocycles. The van der Waals surface area contributed by atoms with Gasteiger partial charge >= 0.3 is 0 Å². The van der Waals surface area contributed by atoms with Crippen LogP contribution in [0.15, 0.2) is 78.9 Å². The first-order valence-electron chi connectivity index (χ1n) is 10.3. The Balaban J connectivity index is 1.75. The summed E-state index contributed by atoms with van der Waals surface area (Å²) in [4.78, 5) is 5.39. The Labute approximate surface area is 168 Å². The smallest absolute Gasteiger partial charge is 0.110 e. The lowest BCUT2D eigenvalue weighted by Gasteiger charge is -2.40. The Morgan fingerprint density at radius 1 is 0.786 bits per heavy atom. The molecule has 0 saturated carbocycles. The van der Waals surface area contributed by atoms with Crippen LogP contribution in [0.1, 0.15) is 55.2 Å². The molecule has 5 rings (SSSR count). The largest absolute Gasteiger partial charge is 0.347 e. The summed E-state index contributed by atoms with van der Waals surface area (Å²) in [7, 11) is 0. The van der Waals surface area contributed by atoms with Crippen molar-refractivity contribution < 1.29 is 0 Å². The number of para-hydroxylation sites is 1. The summed E-state index contributed by atoms with van der Waals surface area (Å²) in [5.41, 5.74) is 6.97. The highest BCUT2D eigenvalue weighted by molar-refractivity contribution is 5.59. The van der Waals surface area contributed by atoms with Crippen LogP contribution in [0.5, 0.6) is 0 Å². The number of fused-ring (bicyclic) bond motifs is 3. The molecule has 2 heteroatoms. The van der Waals surface area contributed by atoms with Gasteiger partial charge in [-0.1, -0.05) is 72.8 Å². The van der Waals surface area contributed by atoms with Crippen LogP contribution in [0.2, 0.25) is 0 Å². The van der Waals surface area contributed by atoms with E-state index < -0.39 is 0 Å². The molecule has 2 aliphatic rings. The summed E-state index contributed by atoms with van der Waals surface area (Å²) < 4.78 is 0. The van der Waals surface area contributed by atoms with Gasteiger partial charge in [-0.3, -0.25) is 4.90 Å². The van der Waals surface area contributed by atoms with Gasteiger partial charge in [-0.25, -0.2) is 0 Å². The number of benzene rings is 3. The van der Waals surface area contributed by atoms with E-state index in [-0.39, 0.29) is 11.7 Å². The fourth-order valence-electron chi connectivity index (χ4n) is 5.56.